The van der Waals surface area contributed by atoms with E-state index < -0.39 is 11.7 Å². The summed E-state index contributed by atoms with van der Waals surface area (Å²) in [7, 11) is 0. The number of fused-ring (bicyclic) bond motifs is 1. The molecule has 0 aliphatic carbocycles. The first-order valence-electron chi connectivity index (χ1n) is 7.78. The predicted molar refractivity (Wildman–Crippen MR) is 92.0 cm³/mol. The van der Waals surface area contributed by atoms with Crippen LogP contribution in [-0.2, 0) is 17.4 Å². The van der Waals surface area contributed by atoms with Crippen molar-refractivity contribution in [3.05, 3.63) is 58.6 Å². The first kappa shape index (κ1) is 17.6. The minimum Gasteiger partial charge on any atom is -0.376 e. The molecule has 7 heteroatoms. The molecule has 1 heterocycles. The molecule has 0 bridgehead atoms. The topological polar surface area (TPSA) is 32.3 Å². The lowest BCUT2D eigenvalue weighted by molar-refractivity contribution is -0.137. The minimum absolute atomic E-state index is 0.00806. The molecule has 1 unspecified atom stereocenters. The number of carbonyl (C=O) groups excluding carboxylic acids is 1. The van der Waals surface area contributed by atoms with E-state index in [1.54, 1.807) is 4.90 Å². The Balaban J connectivity index is 1.78. The van der Waals surface area contributed by atoms with Gasteiger partial charge in [0.1, 0.15) is 0 Å². The van der Waals surface area contributed by atoms with Gasteiger partial charge in [0.2, 0.25) is 5.91 Å². The van der Waals surface area contributed by atoms with E-state index in [2.05, 4.69) is 5.32 Å². The van der Waals surface area contributed by atoms with E-state index in [9.17, 15) is 18.0 Å². The van der Waals surface area contributed by atoms with Gasteiger partial charge in [0.25, 0.3) is 0 Å². The van der Waals surface area contributed by atoms with E-state index in [0.29, 0.717) is 0 Å². The maximum atomic E-state index is 13.1. The quantitative estimate of drug-likeness (QED) is 0.848. The minimum atomic E-state index is -4.55. The third-order valence-corrected chi connectivity index (χ3v) is 4.43. The van der Waals surface area contributed by atoms with E-state index in [4.69, 9.17) is 11.6 Å². The van der Waals surface area contributed by atoms with Crippen LogP contribution in [0.2, 0.25) is 5.02 Å². The molecule has 1 amide bonds. The van der Waals surface area contributed by atoms with Gasteiger partial charge in [0.05, 0.1) is 12.1 Å². The zero-order valence-electron chi connectivity index (χ0n) is 13.4. The molecule has 1 aliphatic rings. The third-order valence-electron chi connectivity index (χ3n) is 4.19. The van der Waals surface area contributed by atoms with Crippen molar-refractivity contribution < 1.29 is 18.0 Å². The fourth-order valence-corrected chi connectivity index (χ4v) is 3.28. The fourth-order valence-electron chi connectivity index (χ4n) is 3.11. The molecular weight excluding hydrogens is 353 g/mol. The molecule has 25 heavy (non-hydrogen) atoms. The van der Waals surface area contributed by atoms with E-state index in [1.807, 2.05) is 31.2 Å². The van der Waals surface area contributed by atoms with Gasteiger partial charge < -0.3 is 10.2 Å². The van der Waals surface area contributed by atoms with Crippen LogP contribution in [0.15, 0.2) is 42.5 Å². The van der Waals surface area contributed by atoms with Crippen molar-refractivity contribution in [2.45, 2.75) is 25.6 Å². The number of nitrogens with zero attached hydrogens (tertiary/aromatic N) is 1. The molecule has 0 saturated heterocycles. The standard InChI is InChI=1S/C18H16ClF3N2O/c1-11-8-12-4-2-3-5-16(12)24(11)17(25)10-23-15-7-6-13(19)9-14(15)18(20,21)22/h2-7,9,11,23H,8,10H2,1H3. The molecule has 132 valence electrons. The molecule has 2 aromatic carbocycles. The van der Waals surface area contributed by atoms with Crippen LogP contribution in [0.25, 0.3) is 0 Å². The number of halogens is 4. The Bertz CT molecular complexity index is 807. The number of para-hydroxylation sites is 1. The molecule has 2 aromatic rings. The van der Waals surface area contributed by atoms with Crippen LogP contribution in [0.1, 0.15) is 18.1 Å². The van der Waals surface area contributed by atoms with Gasteiger partial charge in [-0.2, -0.15) is 13.2 Å². The predicted octanol–water partition coefficient (Wildman–Crippen LogP) is 4.75. The summed E-state index contributed by atoms with van der Waals surface area (Å²) in [6.07, 6.45) is -3.82. The summed E-state index contributed by atoms with van der Waals surface area (Å²) < 4.78 is 39.4. The molecule has 0 fully saturated rings. The number of benzene rings is 2. The highest BCUT2D eigenvalue weighted by molar-refractivity contribution is 6.30. The Morgan fingerprint density at radius 1 is 1.28 bits per heavy atom. The molecule has 1 aliphatic heterocycles. The highest BCUT2D eigenvalue weighted by Crippen LogP contribution is 2.37. The smallest absolute Gasteiger partial charge is 0.376 e. The maximum Gasteiger partial charge on any atom is 0.418 e. The highest BCUT2D eigenvalue weighted by Gasteiger charge is 2.34. The van der Waals surface area contributed by atoms with Crippen molar-refractivity contribution in [2.24, 2.45) is 0 Å². The van der Waals surface area contributed by atoms with Gasteiger partial charge in [-0.15, -0.1) is 0 Å². The maximum absolute atomic E-state index is 13.1. The van der Waals surface area contributed by atoms with Crippen molar-refractivity contribution >= 4 is 28.9 Å². The number of hydrogen-bond acceptors (Lipinski definition) is 2. The first-order valence-corrected chi connectivity index (χ1v) is 8.16. The summed E-state index contributed by atoms with van der Waals surface area (Å²) in [5, 5.41) is 2.60. The number of alkyl halides is 3. The Kier molecular flexibility index (Phi) is 4.64. The second kappa shape index (κ2) is 6.59. The van der Waals surface area contributed by atoms with Gasteiger partial charge >= 0.3 is 6.18 Å². The van der Waals surface area contributed by atoms with Crippen LogP contribution in [0, 0.1) is 0 Å². The molecular formula is C18H16ClF3N2O. The lowest BCUT2D eigenvalue weighted by Gasteiger charge is -2.23. The Hall–Kier alpha value is -2.21. The molecule has 3 nitrogen and oxygen atoms in total. The lowest BCUT2D eigenvalue weighted by Crippen LogP contribution is -2.39. The van der Waals surface area contributed by atoms with Gasteiger partial charge in [-0.25, -0.2) is 0 Å². The molecule has 0 radical (unpaired) electrons. The van der Waals surface area contributed by atoms with Crippen LogP contribution in [0.3, 0.4) is 0 Å². The van der Waals surface area contributed by atoms with Crippen molar-refractivity contribution in [3.63, 3.8) is 0 Å². The van der Waals surface area contributed by atoms with Gasteiger partial charge in [-0.1, -0.05) is 29.8 Å². The monoisotopic (exact) mass is 368 g/mol. The number of amides is 1. The van der Waals surface area contributed by atoms with Crippen molar-refractivity contribution in [2.75, 3.05) is 16.8 Å². The summed E-state index contributed by atoms with van der Waals surface area (Å²) in [5.74, 6) is -0.277. The van der Waals surface area contributed by atoms with Crippen LogP contribution in [0.5, 0.6) is 0 Å². The van der Waals surface area contributed by atoms with E-state index in [1.165, 1.54) is 12.1 Å². The van der Waals surface area contributed by atoms with Gasteiger partial charge in [0.15, 0.2) is 0 Å². The van der Waals surface area contributed by atoms with Gasteiger partial charge in [0, 0.05) is 22.4 Å². The summed E-state index contributed by atoms with van der Waals surface area (Å²) in [4.78, 5) is 14.2. The summed E-state index contributed by atoms with van der Waals surface area (Å²) in [5.41, 5.74) is 0.827. The van der Waals surface area contributed by atoms with Crippen molar-refractivity contribution in [1.29, 1.82) is 0 Å². The van der Waals surface area contributed by atoms with Crippen molar-refractivity contribution in [3.8, 4) is 0 Å². The van der Waals surface area contributed by atoms with Crippen LogP contribution >= 0.6 is 11.6 Å². The molecule has 0 spiro atoms. The molecule has 1 N–H and O–H groups in total. The van der Waals surface area contributed by atoms with E-state index in [0.717, 1.165) is 23.7 Å². The average Bonchev–Trinajstić information content (AvgIpc) is 2.88. The average molecular weight is 369 g/mol. The second-order valence-corrected chi connectivity index (χ2v) is 6.42. The van der Waals surface area contributed by atoms with Gasteiger partial charge in [-0.3, -0.25) is 4.79 Å². The summed E-state index contributed by atoms with van der Waals surface area (Å²) >= 11 is 5.66. The lowest BCUT2D eigenvalue weighted by atomic mass is 10.1. The molecule has 1 atom stereocenters. The first-order chi connectivity index (χ1) is 11.8. The van der Waals surface area contributed by atoms with Crippen molar-refractivity contribution in [1.82, 2.24) is 0 Å². The number of rotatable bonds is 3. The summed E-state index contributed by atoms with van der Waals surface area (Å²) in [6, 6.07) is 11.0. The Morgan fingerprint density at radius 3 is 2.72 bits per heavy atom. The zero-order chi connectivity index (χ0) is 18.2. The Labute approximate surface area is 148 Å². The summed E-state index contributed by atoms with van der Waals surface area (Å²) in [6.45, 7) is 1.69. The number of hydrogen-bond donors (Lipinski definition) is 1. The third kappa shape index (κ3) is 3.58. The Morgan fingerprint density at radius 2 is 2.00 bits per heavy atom. The largest absolute Gasteiger partial charge is 0.418 e. The molecule has 0 aromatic heterocycles. The number of carbonyl (C=O) groups is 1. The normalized spacial score (nSPS) is 16.7. The highest BCUT2D eigenvalue weighted by atomic mass is 35.5. The zero-order valence-corrected chi connectivity index (χ0v) is 14.2. The second-order valence-electron chi connectivity index (χ2n) is 5.99. The number of anilines is 2. The van der Waals surface area contributed by atoms with E-state index >= 15 is 0 Å². The number of nitrogens with one attached hydrogen (secondary N) is 1. The van der Waals surface area contributed by atoms with Crippen LogP contribution < -0.4 is 10.2 Å². The molecule has 0 saturated carbocycles. The van der Waals surface area contributed by atoms with E-state index in [-0.39, 0.29) is 29.2 Å². The molecule has 3 rings (SSSR count). The van der Waals surface area contributed by atoms with Gasteiger partial charge in [-0.05, 0) is 43.2 Å². The SMILES string of the molecule is CC1Cc2ccccc2N1C(=O)CNc1ccc(Cl)cc1C(F)(F)F. The fraction of sp³-hybridized carbons (Fsp3) is 0.278. The van der Waals surface area contributed by atoms with Crippen LogP contribution in [0.4, 0.5) is 24.5 Å². The van der Waals surface area contributed by atoms with Crippen LogP contribution in [-0.4, -0.2) is 18.5 Å².